The van der Waals surface area contributed by atoms with Crippen molar-refractivity contribution in [3.63, 3.8) is 0 Å². The van der Waals surface area contributed by atoms with Crippen molar-refractivity contribution >= 4 is 5.82 Å². The standard InChI is InChI=1S/C15H17F2N3O/c1-8(2)12-9(3)19-14(20-13(12)18)10-4-6-11(7-5-10)21-15(16)17/h4-8,15H,1-3H3,(H2,18,19,20). The second kappa shape index (κ2) is 6.03. The molecule has 0 bridgehead atoms. The molecular formula is C15H17F2N3O. The highest BCUT2D eigenvalue weighted by atomic mass is 19.3. The van der Waals surface area contributed by atoms with E-state index in [0.717, 1.165) is 11.3 Å². The molecule has 0 spiro atoms. The van der Waals surface area contributed by atoms with Gasteiger partial charge in [-0.2, -0.15) is 8.78 Å². The molecule has 0 aliphatic heterocycles. The first-order valence-corrected chi connectivity index (χ1v) is 6.57. The van der Waals surface area contributed by atoms with Crippen molar-refractivity contribution in [1.82, 2.24) is 9.97 Å². The third-order valence-electron chi connectivity index (χ3n) is 3.08. The van der Waals surface area contributed by atoms with Gasteiger partial charge in [0.15, 0.2) is 5.82 Å². The summed E-state index contributed by atoms with van der Waals surface area (Å²) in [4.78, 5) is 8.73. The number of benzene rings is 1. The van der Waals surface area contributed by atoms with E-state index in [1.165, 1.54) is 12.1 Å². The van der Waals surface area contributed by atoms with Gasteiger partial charge in [-0.25, -0.2) is 9.97 Å². The van der Waals surface area contributed by atoms with Crippen LogP contribution in [-0.4, -0.2) is 16.6 Å². The Morgan fingerprint density at radius 1 is 1.10 bits per heavy atom. The van der Waals surface area contributed by atoms with E-state index in [2.05, 4.69) is 14.7 Å². The molecule has 0 amide bonds. The molecule has 1 heterocycles. The average molecular weight is 293 g/mol. The molecule has 6 heteroatoms. The van der Waals surface area contributed by atoms with Crippen molar-refractivity contribution < 1.29 is 13.5 Å². The van der Waals surface area contributed by atoms with E-state index in [0.29, 0.717) is 17.2 Å². The zero-order valence-electron chi connectivity index (χ0n) is 12.1. The van der Waals surface area contributed by atoms with Crippen LogP contribution in [-0.2, 0) is 0 Å². The number of aromatic nitrogens is 2. The first kappa shape index (κ1) is 15.2. The molecule has 0 atom stereocenters. The predicted octanol–water partition coefficient (Wildman–Crippen LogP) is 3.76. The smallest absolute Gasteiger partial charge is 0.387 e. The minimum atomic E-state index is -2.84. The third kappa shape index (κ3) is 3.45. The molecule has 1 aromatic heterocycles. The van der Waals surface area contributed by atoms with Gasteiger partial charge in [0.25, 0.3) is 0 Å². The highest BCUT2D eigenvalue weighted by molar-refractivity contribution is 5.60. The number of hydrogen-bond acceptors (Lipinski definition) is 4. The molecule has 4 nitrogen and oxygen atoms in total. The quantitative estimate of drug-likeness (QED) is 0.932. The van der Waals surface area contributed by atoms with E-state index >= 15 is 0 Å². The summed E-state index contributed by atoms with van der Waals surface area (Å²) >= 11 is 0. The van der Waals surface area contributed by atoms with Crippen LogP contribution in [0.2, 0.25) is 0 Å². The number of halogens is 2. The van der Waals surface area contributed by atoms with Crippen molar-refractivity contribution in [2.45, 2.75) is 33.3 Å². The molecule has 112 valence electrons. The van der Waals surface area contributed by atoms with E-state index in [1.807, 2.05) is 20.8 Å². The highest BCUT2D eigenvalue weighted by Gasteiger charge is 2.13. The van der Waals surface area contributed by atoms with Gasteiger partial charge < -0.3 is 10.5 Å². The fourth-order valence-corrected chi connectivity index (χ4v) is 2.23. The van der Waals surface area contributed by atoms with E-state index < -0.39 is 6.61 Å². The van der Waals surface area contributed by atoms with E-state index in [4.69, 9.17) is 5.73 Å². The number of aryl methyl sites for hydroxylation is 1. The van der Waals surface area contributed by atoms with Crippen molar-refractivity contribution in [3.05, 3.63) is 35.5 Å². The van der Waals surface area contributed by atoms with Crippen LogP contribution in [0.3, 0.4) is 0 Å². The van der Waals surface area contributed by atoms with Gasteiger partial charge in [-0.3, -0.25) is 0 Å². The summed E-state index contributed by atoms with van der Waals surface area (Å²) in [5, 5.41) is 0. The monoisotopic (exact) mass is 293 g/mol. The number of nitrogens with zero attached hydrogens (tertiary/aromatic N) is 2. The summed E-state index contributed by atoms with van der Waals surface area (Å²) in [6.45, 7) is 3.09. The second-order valence-corrected chi connectivity index (χ2v) is 4.99. The molecule has 2 N–H and O–H groups in total. The van der Waals surface area contributed by atoms with Crippen molar-refractivity contribution in [3.8, 4) is 17.1 Å². The lowest BCUT2D eigenvalue weighted by Crippen LogP contribution is -2.06. The summed E-state index contributed by atoms with van der Waals surface area (Å²) in [6.07, 6.45) is 0. The van der Waals surface area contributed by atoms with Crippen molar-refractivity contribution in [1.29, 1.82) is 0 Å². The zero-order valence-corrected chi connectivity index (χ0v) is 12.1. The second-order valence-electron chi connectivity index (χ2n) is 4.99. The van der Waals surface area contributed by atoms with Crippen LogP contribution in [0.15, 0.2) is 24.3 Å². The SMILES string of the molecule is Cc1nc(-c2ccc(OC(F)F)cc2)nc(N)c1C(C)C. The van der Waals surface area contributed by atoms with Crippen LogP contribution < -0.4 is 10.5 Å². The lowest BCUT2D eigenvalue weighted by molar-refractivity contribution is -0.0498. The lowest BCUT2D eigenvalue weighted by atomic mass is 10.0. The zero-order chi connectivity index (χ0) is 15.6. The number of ether oxygens (including phenoxy) is 1. The Labute approximate surface area is 122 Å². The number of alkyl halides is 2. The maximum atomic E-state index is 12.1. The summed E-state index contributed by atoms with van der Waals surface area (Å²) in [5.74, 6) is 1.25. The molecule has 0 saturated carbocycles. The lowest BCUT2D eigenvalue weighted by Gasteiger charge is -2.13. The van der Waals surface area contributed by atoms with Crippen LogP contribution in [0, 0.1) is 6.92 Å². The summed E-state index contributed by atoms with van der Waals surface area (Å²) in [7, 11) is 0. The molecule has 2 rings (SSSR count). The summed E-state index contributed by atoms with van der Waals surface area (Å²) in [5.41, 5.74) is 8.42. The molecule has 1 aromatic carbocycles. The first-order valence-electron chi connectivity index (χ1n) is 6.57. The van der Waals surface area contributed by atoms with E-state index in [9.17, 15) is 8.78 Å². The minimum absolute atomic E-state index is 0.0947. The summed E-state index contributed by atoms with van der Waals surface area (Å²) < 4.78 is 28.5. The van der Waals surface area contributed by atoms with Crippen LogP contribution in [0.5, 0.6) is 5.75 Å². The minimum Gasteiger partial charge on any atom is -0.435 e. The Morgan fingerprint density at radius 2 is 1.71 bits per heavy atom. The molecular weight excluding hydrogens is 276 g/mol. The number of nitrogens with two attached hydrogens (primary N) is 1. The number of rotatable bonds is 4. The van der Waals surface area contributed by atoms with E-state index in [1.54, 1.807) is 12.1 Å². The van der Waals surface area contributed by atoms with Crippen molar-refractivity contribution in [2.24, 2.45) is 0 Å². The Morgan fingerprint density at radius 3 is 2.19 bits per heavy atom. The Bertz CT molecular complexity index is 604. The molecule has 2 aromatic rings. The topological polar surface area (TPSA) is 61.0 Å². The number of hydrogen-bond donors (Lipinski definition) is 1. The molecule has 21 heavy (non-hydrogen) atoms. The summed E-state index contributed by atoms with van der Waals surface area (Å²) in [6, 6.07) is 6.15. The van der Waals surface area contributed by atoms with Crippen LogP contribution in [0.4, 0.5) is 14.6 Å². The van der Waals surface area contributed by atoms with Gasteiger partial charge in [0.1, 0.15) is 11.6 Å². The molecule has 0 saturated heterocycles. The van der Waals surface area contributed by atoms with Crippen LogP contribution in [0.1, 0.15) is 31.0 Å². The largest absolute Gasteiger partial charge is 0.435 e. The predicted molar refractivity (Wildman–Crippen MR) is 77.3 cm³/mol. The Kier molecular flexibility index (Phi) is 4.35. The molecule has 0 fully saturated rings. The molecule has 0 aliphatic carbocycles. The van der Waals surface area contributed by atoms with Gasteiger partial charge >= 0.3 is 6.61 Å². The van der Waals surface area contributed by atoms with Gasteiger partial charge in [-0.15, -0.1) is 0 Å². The molecule has 0 aliphatic rings. The van der Waals surface area contributed by atoms with Gasteiger partial charge in [-0.1, -0.05) is 13.8 Å². The maximum absolute atomic E-state index is 12.1. The van der Waals surface area contributed by atoms with Crippen molar-refractivity contribution in [2.75, 3.05) is 5.73 Å². The fourth-order valence-electron chi connectivity index (χ4n) is 2.23. The third-order valence-corrected chi connectivity index (χ3v) is 3.08. The Hall–Kier alpha value is -2.24. The van der Waals surface area contributed by atoms with Gasteiger partial charge in [0, 0.05) is 16.8 Å². The first-order chi connectivity index (χ1) is 9.88. The van der Waals surface area contributed by atoms with Crippen LogP contribution in [0.25, 0.3) is 11.4 Å². The Balaban J connectivity index is 2.34. The van der Waals surface area contributed by atoms with Gasteiger partial charge in [0.05, 0.1) is 0 Å². The fraction of sp³-hybridized carbons (Fsp3) is 0.333. The van der Waals surface area contributed by atoms with Gasteiger partial charge in [0.2, 0.25) is 0 Å². The molecule has 0 radical (unpaired) electrons. The average Bonchev–Trinajstić information content (AvgIpc) is 2.37. The maximum Gasteiger partial charge on any atom is 0.387 e. The molecule has 0 unspecified atom stereocenters. The number of anilines is 1. The van der Waals surface area contributed by atoms with E-state index in [-0.39, 0.29) is 11.7 Å². The normalized spacial score (nSPS) is 11.2. The number of nitrogen functional groups attached to an aromatic ring is 1. The van der Waals surface area contributed by atoms with Crippen LogP contribution >= 0.6 is 0 Å². The highest BCUT2D eigenvalue weighted by Crippen LogP contribution is 2.27. The van der Waals surface area contributed by atoms with Gasteiger partial charge in [-0.05, 0) is 37.1 Å².